The van der Waals surface area contributed by atoms with Crippen LogP contribution in [0.25, 0.3) is 10.2 Å². The predicted molar refractivity (Wildman–Crippen MR) is 121 cm³/mol. The Balaban J connectivity index is 1.53. The minimum atomic E-state index is -1.07. The van der Waals surface area contributed by atoms with Gasteiger partial charge >= 0.3 is 5.97 Å². The Morgan fingerprint density at radius 3 is 2.69 bits per heavy atom. The van der Waals surface area contributed by atoms with Gasteiger partial charge in [0.05, 0.1) is 31.1 Å². The van der Waals surface area contributed by atoms with Gasteiger partial charge in [0, 0.05) is 0 Å². The van der Waals surface area contributed by atoms with E-state index in [1.54, 1.807) is 23.5 Å². The molecule has 0 saturated heterocycles. The number of para-hydroxylation sites is 1. The van der Waals surface area contributed by atoms with Crippen LogP contribution in [0.3, 0.4) is 0 Å². The summed E-state index contributed by atoms with van der Waals surface area (Å²) in [6.45, 7) is -0.451. The van der Waals surface area contributed by atoms with Crippen LogP contribution in [0, 0.1) is 0 Å². The molecule has 3 rings (SSSR count). The molecule has 0 aliphatic rings. The molecule has 0 bridgehead atoms. The number of hydrogen-bond acceptors (Lipinski definition) is 7. The number of ether oxygens (including phenoxy) is 1. The van der Waals surface area contributed by atoms with Crippen molar-refractivity contribution in [3.05, 3.63) is 50.9 Å². The van der Waals surface area contributed by atoms with E-state index >= 15 is 0 Å². The van der Waals surface area contributed by atoms with Crippen LogP contribution in [-0.4, -0.2) is 40.5 Å². The van der Waals surface area contributed by atoms with Crippen molar-refractivity contribution in [3.63, 3.8) is 0 Å². The molecule has 0 saturated carbocycles. The summed E-state index contributed by atoms with van der Waals surface area (Å²) in [5.41, 5.74) is 4.08. The van der Waals surface area contributed by atoms with E-state index < -0.39 is 12.6 Å². The number of thiazole rings is 1. The summed E-state index contributed by atoms with van der Waals surface area (Å²) in [5, 5.41) is 12.7. The number of carboxylic acid groups (broad SMARTS) is 1. The zero-order valence-electron chi connectivity index (χ0n) is 14.6. The number of rotatable bonds is 8. The summed E-state index contributed by atoms with van der Waals surface area (Å²) in [7, 11) is 0. The lowest BCUT2D eigenvalue weighted by atomic mass is 10.2. The summed E-state index contributed by atoms with van der Waals surface area (Å²) >= 11 is 9.56. The van der Waals surface area contributed by atoms with Gasteiger partial charge in [0.2, 0.25) is 0 Å². The second kappa shape index (κ2) is 10.2. The number of carbonyl (C=O) groups excluding carboxylic acids is 1. The van der Waals surface area contributed by atoms with Gasteiger partial charge in [-0.15, -0.1) is 11.3 Å². The first kappa shape index (κ1) is 21.8. The Kier molecular flexibility index (Phi) is 7.64. The van der Waals surface area contributed by atoms with Gasteiger partial charge in [-0.1, -0.05) is 23.9 Å². The summed E-state index contributed by atoms with van der Waals surface area (Å²) in [5.74, 6) is -0.737. The van der Waals surface area contributed by atoms with Gasteiger partial charge in [-0.2, -0.15) is 5.10 Å². The summed E-state index contributed by atoms with van der Waals surface area (Å²) in [6.07, 6.45) is 1.48. The summed E-state index contributed by atoms with van der Waals surface area (Å²) in [4.78, 5) is 27.1. The zero-order valence-corrected chi connectivity index (χ0v) is 19.4. The lowest BCUT2D eigenvalue weighted by Gasteiger charge is -2.09. The molecule has 150 valence electrons. The van der Waals surface area contributed by atoms with Crippen molar-refractivity contribution in [2.75, 3.05) is 12.4 Å². The van der Waals surface area contributed by atoms with Crippen LogP contribution in [0.2, 0.25) is 0 Å². The van der Waals surface area contributed by atoms with E-state index in [1.165, 1.54) is 18.0 Å². The monoisotopic (exact) mass is 557 g/mol. The average molecular weight is 559 g/mol. The maximum Gasteiger partial charge on any atom is 0.341 e. The van der Waals surface area contributed by atoms with E-state index in [0.717, 1.165) is 14.6 Å². The van der Waals surface area contributed by atoms with Crippen molar-refractivity contribution in [2.24, 2.45) is 5.10 Å². The molecule has 0 aliphatic carbocycles. The minimum Gasteiger partial charge on any atom is -0.480 e. The third kappa shape index (κ3) is 6.26. The molecule has 3 aromatic rings. The molecule has 1 aromatic heterocycles. The standard InChI is InChI=1S/C18H13Br2N3O4S2/c19-11-5-10(6-12(20)17(11)27-8-16(25)26)7-21-23-15(24)9-28-18-22-13-3-1-2-4-14(13)29-18/h1-7H,8-9H2,(H,23,24)(H,25,26)/b21-7-. The first-order valence-electron chi connectivity index (χ1n) is 8.06. The number of halogens is 2. The molecule has 0 radical (unpaired) electrons. The number of hydrazone groups is 1. The second-order valence-corrected chi connectivity index (χ2v) is 9.49. The van der Waals surface area contributed by atoms with Crippen molar-refractivity contribution in [3.8, 4) is 5.75 Å². The van der Waals surface area contributed by atoms with E-state index in [1.807, 2.05) is 24.3 Å². The normalized spacial score (nSPS) is 11.1. The highest BCUT2D eigenvalue weighted by atomic mass is 79.9. The minimum absolute atomic E-state index is 0.201. The number of benzene rings is 2. The summed E-state index contributed by atoms with van der Waals surface area (Å²) in [6, 6.07) is 11.2. The van der Waals surface area contributed by atoms with Crippen LogP contribution >= 0.6 is 55.0 Å². The second-order valence-electron chi connectivity index (χ2n) is 5.53. The van der Waals surface area contributed by atoms with Gasteiger partial charge in [0.1, 0.15) is 5.75 Å². The number of amides is 1. The third-order valence-corrected chi connectivity index (χ3v) is 6.72. The lowest BCUT2D eigenvalue weighted by molar-refractivity contribution is -0.139. The van der Waals surface area contributed by atoms with Gasteiger partial charge in [-0.3, -0.25) is 4.79 Å². The molecular formula is C18H13Br2N3O4S2. The van der Waals surface area contributed by atoms with E-state index in [0.29, 0.717) is 20.3 Å². The number of fused-ring (bicyclic) bond motifs is 1. The topological polar surface area (TPSA) is 101 Å². The lowest BCUT2D eigenvalue weighted by Crippen LogP contribution is -2.19. The van der Waals surface area contributed by atoms with Crippen molar-refractivity contribution in [1.82, 2.24) is 10.4 Å². The molecule has 11 heteroatoms. The molecule has 2 N–H and O–H groups in total. The fraction of sp³-hybridized carbons (Fsp3) is 0.111. The Labute approximate surface area is 190 Å². The molecule has 2 aromatic carbocycles. The maximum atomic E-state index is 12.0. The van der Waals surface area contributed by atoms with Crippen molar-refractivity contribution in [1.29, 1.82) is 0 Å². The first-order chi connectivity index (χ1) is 13.9. The van der Waals surface area contributed by atoms with Gasteiger partial charge in [-0.05, 0) is 61.7 Å². The Morgan fingerprint density at radius 1 is 1.28 bits per heavy atom. The highest BCUT2D eigenvalue weighted by molar-refractivity contribution is 9.11. The number of carboxylic acids is 1. The smallest absolute Gasteiger partial charge is 0.341 e. The molecule has 0 atom stereocenters. The average Bonchev–Trinajstić information content (AvgIpc) is 3.08. The van der Waals surface area contributed by atoms with Gasteiger partial charge in [0.25, 0.3) is 5.91 Å². The SMILES string of the molecule is O=C(O)COc1c(Br)cc(/C=N\NC(=O)CSc2nc3ccccc3s2)cc1Br. The van der Waals surface area contributed by atoms with E-state index in [-0.39, 0.29) is 11.7 Å². The van der Waals surface area contributed by atoms with Crippen molar-refractivity contribution < 1.29 is 19.4 Å². The van der Waals surface area contributed by atoms with E-state index in [4.69, 9.17) is 9.84 Å². The number of aliphatic carboxylic acids is 1. The number of nitrogens with one attached hydrogen (secondary N) is 1. The molecular weight excluding hydrogens is 546 g/mol. The van der Waals surface area contributed by atoms with Crippen molar-refractivity contribution >= 4 is 83.3 Å². The Morgan fingerprint density at radius 2 is 2.00 bits per heavy atom. The van der Waals surface area contributed by atoms with Crippen LogP contribution in [0.15, 0.2) is 54.8 Å². The fourth-order valence-electron chi connectivity index (χ4n) is 2.18. The first-order valence-corrected chi connectivity index (χ1v) is 11.4. The molecule has 0 fully saturated rings. The molecule has 29 heavy (non-hydrogen) atoms. The number of nitrogens with zero attached hydrogens (tertiary/aromatic N) is 2. The number of aromatic nitrogens is 1. The number of hydrogen-bond donors (Lipinski definition) is 2. The van der Waals surface area contributed by atoms with Gasteiger partial charge < -0.3 is 9.84 Å². The Hall–Kier alpha value is -1.95. The van der Waals surface area contributed by atoms with Crippen molar-refractivity contribution in [2.45, 2.75) is 4.34 Å². The van der Waals surface area contributed by atoms with Crippen LogP contribution in [0.5, 0.6) is 5.75 Å². The van der Waals surface area contributed by atoms with Crippen LogP contribution in [-0.2, 0) is 9.59 Å². The molecule has 1 heterocycles. The highest BCUT2D eigenvalue weighted by Gasteiger charge is 2.11. The maximum absolute atomic E-state index is 12.0. The fourth-order valence-corrected chi connectivity index (χ4v) is 5.49. The molecule has 1 amide bonds. The largest absolute Gasteiger partial charge is 0.480 e. The predicted octanol–water partition coefficient (Wildman–Crippen LogP) is 4.53. The number of thioether (sulfide) groups is 1. The quantitative estimate of drug-likeness (QED) is 0.239. The zero-order chi connectivity index (χ0) is 20.8. The highest BCUT2D eigenvalue weighted by Crippen LogP contribution is 2.34. The van der Waals surface area contributed by atoms with Crippen LogP contribution in [0.1, 0.15) is 5.56 Å². The molecule has 0 spiro atoms. The van der Waals surface area contributed by atoms with Crippen LogP contribution < -0.4 is 10.2 Å². The number of carbonyl (C=O) groups is 2. The third-order valence-electron chi connectivity index (χ3n) is 3.36. The Bertz CT molecular complexity index is 1030. The molecule has 7 nitrogen and oxygen atoms in total. The molecule has 0 unspecified atom stereocenters. The molecule has 0 aliphatic heterocycles. The van der Waals surface area contributed by atoms with E-state index in [2.05, 4.69) is 47.4 Å². The summed E-state index contributed by atoms with van der Waals surface area (Å²) < 4.78 is 8.24. The van der Waals surface area contributed by atoms with Gasteiger partial charge in [0.15, 0.2) is 10.9 Å². The van der Waals surface area contributed by atoms with E-state index in [9.17, 15) is 9.59 Å². The van der Waals surface area contributed by atoms with Gasteiger partial charge in [-0.25, -0.2) is 15.2 Å². The van der Waals surface area contributed by atoms with Crippen LogP contribution in [0.4, 0.5) is 0 Å².